The minimum Gasteiger partial charge on any atom is -0.481 e. The predicted octanol–water partition coefficient (Wildman–Crippen LogP) is 2.83. The quantitative estimate of drug-likeness (QED) is 0.404. The van der Waals surface area contributed by atoms with Gasteiger partial charge in [-0.3, -0.25) is 4.79 Å². The van der Waals surface area contributed by atoms with E-state index in [9.17, 15) is 4.79 Å². The number of hydrogen-bond donors (Lipinski definition) is 2. The first-order valence-electron chi connectivity index (χ1n) is 7.08. The number of hydrogen-bond acceptors (Lipinski definition) is 4. The molecule has 0 aromatic heterocycles. The van der Waals surface area contributed by atoms with Crippen molar-refractivity contribution in [1.29, 1.82) is 0 Å². The molecule has 4 nitrogen and oxygen atoms in total. The number of ether oxygens (including phenoxy) is 1. The van der Waals surface area contributed by atoms with E-state index in [1.165, 1.54) is 6.42 Å². The monoisotopic (exact) mass is 291 g/mol. The molecular formula is C14H29NO3S. The molecule has 0 saturated carbocycles. The van der Waals surface area contributed by atoms with Crippen molar-refractivity contribution in [3.05, 3.63) is 0 Å². The third-order valence-corrected chi connectivity index (χ3v) is 3.39. The van der Waals surface area contributed by atoms with E-state index >= 15 is 0 Å². The molecule has 5 heteroatoms. The van der Waals surface area contributed by atoms with Gasteiger partial charge in [0.25, 0.3) is 0 Å². The van der Waals surface area contributed by atoms with Gasteiger partial charge in [-0.2, -0.15) is 0 Å². The predicted molar refractivity (Wildman–Crippen MR) is 81.6 cm³/mol. The van der Waals surface area contributed by atoms with Gasteiger partial charge in [-0.25, -0.2) is 0 Å². The van der Waals surface area contributed by atoms with E-state index in [2.05, 4.69) is 19.2 Å². The van der Waals surface area contributed by atoms with Crippen molar-refractivity contribution in [2.45, 2.75) is 39.5 Å². The standard InChI is InChI=1S/C14H29NO3S/c1-12(2)6-4-8-18-9-5-7-13(14(16)17)10-15-11-19-3/h12-13,15H,4-11H2,1-3H3,(H,16,17). The molecule has 0 rings (SSSR count). The van der Waals surface area contributed by atoms with Crippen LogP contribution in [0.1, 0.15) is 39.5 Å². The van der Waals surface area contributed by atoms with Gasteiger partial charge in [0.2, 0.25) is 0 Å². The van der Waals surface area contributed by atoms with Crippen LogP contribution in [0.3, 0.4) is 0 Å². The van der Waals surface area contributed by atoms with Crippen molar-refractivity contribution in [3.8, 4) is 0 Å². The molecular weight excluding hydrogens is 262 g/mol. The zero-order valence-corrected chi connectivity index (χ0v) is 13.3. The van der Waals surface area contributed by atoms with E-state index in [0.717, 1.165) is 31.2 Å². The molecule has 2 N–H and O–H groups in total. The van der Waals surface area contributed by atoms with Crippen molar-refractivity contribution in [3.63, 3.8) is 0 Å². The van der Waals surface area contributed by atoms with E-state index in [1.54, 1.807) is 11.8 Å². The van der Waals surface area contributed by atoms with Crippen molar-refractivity contribution < 1.29 is 14.6 Å². The molecule has 0 fully saturated rings. The fraction of sp³-hybridized carbons (Fsp3) is 0.929. The van der Waals surface area contributed by atoms with Gasteiger partial charge >= 0.3 is 5.97 Å². The summed E-state index contributed by atoms with van der Waals surface area (Å²) in [7, 11) is 0. The topological polar surface area (TPSA) is 58.6 Å². The molecule has 0 aromatic carbocycles. The minimum atomic E-state index is -0.714. The van der Waals surface area contributed by atoms with Gasteiger partial charge in [0, 0.05) is 25.6 Å². The second kappa shape index (κ2) is 12.8. The maximum absolute atomic E-state index is 11.0. The van der Waals surface area contributed by atoms with Crippen LogP contribution in [0.25, 0.3) is 0 Å². The highest BCUT2D eigenvalue weighted by Crippen LogP contribution is 2.08. The Labute approximate surface area is 121 Å². The van der Waals surface area contributed by atoms with Crippen LogP contribution in [0.5, 0.6) is 0 Å². The van der Waals surface area contributed by atoms with Crippen molar-refractivity contribution in [2.75, 3.05) is 31.9 Å². The second-order valence-corrected chi connectivity index (χ2v) is 6.08. The van der Waals surface area contributed by atoms with Gasteiger partial charge in [-0.05, 0) is 37.9 Å². The molecule has 0 spiro atoms. The van der Waals surface area contributed by atoms with Gasteiger partial charge in [0.1, 0.15) is 0 Å². The maximum Gasteiger partial charge on any atom is 0.307 e. The zero-order chi connectivity index (χ0) is 14.5. The first kappa shape index (κ1) is 18.7. The van der Waals surface area contributed by atoms with E-state index in [4.69, 9.17) is 9.84 Å². The Morgan fingerprint density at radius 2 is 1.89 bits per heavy atom. The van der Waals surface area contributed by atoms with E-state index in [-0.39, 0.29) is 5.92 Å². The Kier molecular flexibility index (Phi) is 12.6. The Bertz CT molecular complexity index is 225. The number of thioether (sulfide) groups is 1. The smallest absolute Gasteiger partial charge is 0.307 e. The van der Waals surface area contributed by atoms with Crippen LogP contribution in [0, 0.1) is 11.8 Å². The summed E-state index contributed by atoms with van der Waals surface area (Å²) in [5, 5.41) is 12.2. The highest BCUT2D eigenvalue weighted by molar-refractivity contribution is 7.98. The lowest BCUT2D eigenvalue weighted by Gasteiger charge is -2.13. The third-order valence-electron chi connectivity index (χ3n) is 2.90. The number of nitrogens with one attached hydrogen (secondary N) is 1. The van der Waals surface area contributed by atoms with E-state index in [1.807, 2.05) is 6.26 Å². The molecule has 114 valence electrons. The SMILES string of the molecule is CSCNCC(CCCOCCCC(C)C)C(=O)O. The average molecular weight is 291 g/mol. The van der Waals surface area contributed by atoms with Gasteiger partial charge in [-0.1, -0.05) is 13.8 Å². The lowest BCUT2D eigenvalue weighted by Crippen LogP contribution is -2.28. The summed E-state index contributed by atoms with van der Waals surface area (Å²) in [5.74, 6) is 0.512. The highest BCUT2D eigenvalue weighted by atomic mass is 32.2. The highest BCUT2D eigenvalue weighted by Gasteiger charge is 2.16. The summed E-state index contributed by atoms with van der Waals surface area (Å²) in [5.41, 5.74) is 0. The van der Waals surface area contributed by atoms with E-state index < -0.39 is 5.97 Å². The normalized spacial score (nSPS) is 12.8. The Hall–Kier alpha value is -0.260. The Balaban J connectivity index is 3.50. The molecule has 0 bridgehead atoms. The van der Waals surface area contributed by atoms with E-state index in [0.29, 0.717) is 19.6 Å². The Morgan fingerprint density at radius 1 is 1.26 bits per heavy atom. The van der Waals surface area contributed by atoms with Gasteiger partial charge in [0.15, 0.2) is 0 Å². The summed E-state index contributed by atoms with van der Waals surface area (Å²) < 4.78 is 5.52. The average Bonchev–Trinajstić information content (AvgIpc) is 2.34. The molecule has 0 aromatic rings. The van der Waals surface area contributed by atoms with Crippen molar-refractivity contribution in [1.82, 2.24) is 5.32 Å². The number of carboxylic acid groups (broad SMARTS) is 1. The van der Waals surface area contributed by atoms with Crippen LogP contribution in [0.4, 0.5) is 0 Å². The van der Waals surface area contributed by atoms with Crippen LogP contribution in [0.2, 0.25) is 0 Å². The maximum atomic E-state index is 11.0. The van der Waals surface area contributed by atoms with Gasteiger partial charge in [-0.15, -0.1) is 11.8 Å². The fourth-order valence-corrected chi connectivity index (χ4v) is 2.10. The third kappa shape index (κ3) is 12.5. The molecule has 0 aliphatic rings. The fourth-order valence-electron chi connectivity index (χ4n) is 1.78. The van der Waals surface area contributed by atoms with Crippen molar-refractivity contribution >= 4 is 17.7 Å². The van der Waals surface area contributed by atoms with Gasteiger partial charge in [0.05, 0.1) is 5.92 Å². The first-order valence-corrected chi connectivity index (χ1v) is 8.47. The van der Waals surface area contributed by atoms with Crippen molar-refractivity contribution in [2.24, 2.45) is 11.8 Å². The second-order valence-electron chi connectivity index (χ2n) is 5.21. The summed E-state index contributed by atoms with van der Waals surface area (Å²) in [6.45, 7) is 6.42. The summed E-state index contributed by atoms with van der Waals surface area (Å²) in [4.78, 5) is 11.0. The molecule has 0 heterocycles. The molecule has 0 radical (unpaired) electrons. The molecule has 1 atom stereocenters. The number of carbonyl (C=O) groups is 1. The van der Waals surface area contributed by atoms with Crippen LogP contribution >= 0.6 is 11.8 Å². The first-order chi connectivity index (χ1) is 9.07. The number of aliphatic carboxylic acids is 1. The Morgan fingerprint density at radius 3 is 2.42 bits per heavy atom. The molecule has 0 saturated heterocycles. The van der Waals surface area contributed by atoms with Crippen LogP contribution in [0.15, 0.2) is 0 Å². The minimum absolute atomic E-state index is 0.300. The molecule has 0 aliphatic heterocycles. The number of rotatable bonds is 13. The molecule has 0 aliphatic carbocycles. The van der Waals surface area contributed by atoms with Crippen LogP contribution in [-0.2, 0) is 9.53 Å². The van der Waals surface area contributed by atoms with Crippen LogP contribution < -0.4 is 5.32 Å². The largest absolute Gasteiger partial charge is 0.481 e. The summed E-state index contributed by atoms with van der Waals surface area (Å²) >= 11 is 1.67. The molecule has 19 heavy (non-hydrogen) atoms. The molecule has 1 unspecified atom stereocenters. The summed E-state index contributed by atoms with van der Waals surface area (Å²) in [6, 6.07) is 0. The van der Waals surface area contributed by atoms with Gasteiger partial charge < -0.3 is 15.2 Å². The summed E-state index contributed by atoms with van der Waals surface area (Å²) in [6.07, 6.45) is 5.78. The molecule has 0 amide bonds. The zero-order valence-electron chi connectivity index (χ0n) is 12.5. The lowest BCUT2D eigenvalue weighted by atomic mass is 10.0. The lowest BCUT2D eigenvalue weighted by molar-refractivity contribution is -0.141. The number of carboxylic acids is 1. The van der Waals surface area contributed by atoms with Crippen LogP contribution in [-0.4, -0.2) is 43.0 Å².